The van der Waals surface area contributed by atoms with Crippen LogP contribution in [0.2, 0.25) is 0 Å². The number of carbonyl (C=O) groups excluding carboxylic acids is 3. The van der Waals surface area contributed by atoms with Gasteiger partial charge >= 0.3 is 5.97 Å². The van der Waals surface area contributed by atoms with E-state index in [0.717, 1.165) is 30.9 Å². The first-order valence-corrected chi connectivity index (χ1v) is 12.4. The first-order chi connectivity index (χ1) is 16.4. The number of nitrogens with one attached hydrogen (secondary N) is 1. The smallest absolute Gasteiger partial charge is 0.338 e. The van der Waals surface area contributed by atoms with Crippen molar-refractivity contribution < 1.29 is 27.5 Å². The van der Waals surface area contributed by atoms with E-state index >= 15 is 0 Å². The van der Waals surface area contributed by atoms with Gasteiger partial charge in [-0.1, -0.05) is 36.4 Å². The van der Waals surface area contributed by atoms with Crippen molar-refractivity contribution in [1.29, 1.82) is 0 Å². The zero-order chi connectivity index (χ0) is 23.9. The number of hydrogen-bond donors (Lipinski definition) is 1. The zero-order valence-electron chi connectivity index (χ0n) is 18.1. The van der Waals surface area contributed by atoms with Gasteiger partial charge in [0, 0.05) is 11.1 Å². The second-order valence-electron chi connectivity index (χ2n) is 8.33. The summed E-state index contributed by atoms with van der Waals surface area (Å²) < 4.78 is 31.2. The molecule has 7 nitrogen and oxygen atoms in total. The quantitative estimate of drug-likeness (QED) is 0.454. The Labute approximate surface area is 196 Å². The second-order valence-corrected chi connectivity index (χ2v) is 10.2. The Hall–Kier alpha value is -3.78. The molecule has 0 unspecified atom stereocenters. The van der Waals surface area contributed by atoms with Gasteiger partial charge in [-0.15, -0.1) is 0 Å². The van der Waals surface area contributed by atoms with Gasteiger partial charge in [-0.3, -0.25) is 9.59 Å². The third-order valence-corrected chi connectivity index (χ3v) is 8.06. The molecule has 5 rings (SSSR count). The van der Waals surface area contributed by atoms with E-state index in [2.05, 4.69) is 5.32 Å². The largest absolute Gasteiger partial charge is 0.452 e. The van der Waals surface area contributed by atoms with Gasteiger partial charge in [0.05, 0.1) is 21.4 Å². The molecule has 0 saturated heterocycles. The maximum absolute atomic E-state index is 13.0. The van der Waals surface area contributed by atoms with Crippen molar-refractivity contribution in [2.45, 2.75) is 35.1 Å². The Morgan fingerprint density at radius 1 is 0.941 bits per heavy atom. The molecule has 0 fully saturated rings. The van der Waals surface area contributed by atoms with Gasteiger partial charge in [-0.2, -0.15) is 0 Å². The highest BCUT2D eigenvalue weighted by atomic mass is 32.2. The normalized spacial score (nSPS) is 17.6. The summed E-state index contributed by atoms with van der Waals surface area (Å²) in [4.78, 5) is 37.4. The highest BCUT2D eigenvalue weighted by molar-refractivity contribution is 7.91. The number of ketones is 1. The summed E-state index contributed by atoms with van der Waals surface area (Å²) in [5.74, 6) is -1.71. The van der Waals surface area contributed by atoms with Gasteiger partial charge in [0.15, 0.2) is 12.4 Å². The van der Waals surface area contributed by atoms with Gasteiger partial charge in [-0.05, 0) is 60.7 Å². The van der Waals surface area contributed by atoms with Crippen molar-refractivity contribution in [2.75, 3.05) is 6.61 Å². The molecule has 172 valence electrons. The van der Waals surface area contributed by atoms with Crippen LogP contribution >= 0.6 is 0 Å². The second kappa shape index (κ2) is 8.53. The summed E-state index contributed by atoms with van der Waals surface area (Å²) in [7, 11) is -3.98. The SMILES string of the molecule is O=C(COC(=O)c1ccc2c(c1)S(=O)(=O)c1ccccc1C2=O)N[C@@H]1CCCc2ccccc21. The van der Waals surface area contributed by atoms with Gasteiger partial charge < -0.3 is 10.1 Å². The topological polar surface area (TPSA) is 107 Å². The third kappa shape index (κ3) is 3.80. The van der Waals surface area contributed by atoms with Crippen LogP contribution in [0.1, 0.15) is 56.3 Å². The lowest BCUT2D eigenvalue weighted by molar-refractivity contribution is -0.125. The predicted molar refractivity (Wildman–Crippen MR) is 122 cm³/mol. The molecule has 0 spiro atoms. The molecule has 0 bridgehead atoms. The number of sulfone groups is 1. The molecule has 3 aromatic rings. The van der Waals surface area contributed by atoms with Crippen LogP contribution in [0.4, 0.5) is 0 Å². The number of esters is 1. The van der Waals surface area contributed by atoms with Gasteiger partial charge in [-0.25, -0.2) is 13.2 Å². The summed E-state index contributed by atoms with van der Waals surface area (Å²) in [6.45, 7) is -0.497. The Morgan fingerprint density at radius 3 is 2.53 bits per heavy atom. The Balaban J connectivity index is 1.30. The summed E-state index contributed by atoms with van der Waals surface area (Å²) >= 11 is 0. The number of fused-ring (bicyclic) bond motifs is 3. The van der Waals surface area contributed by atoms with E-state index in [0.29, 0.717) is 0 Å². The minimum atomic E-state index is -3.98. The van der Waals surface area contributed by atoms with Crippen molar-refractivity contribution >= 4 is 27.5 Å². The predicted octanol–water partition coefficient (Wildman–Crippen LogP) is 3.41. The van der Waals surface area contributed by atoms with Crippen LogP contribution < -0.4 is 5.32 Å². The van der Waals surface area contributed by atoms with E-state index in [-0.39, 0.29) is 32.5 Å². The molecule has 2 aliphatic rings. The molecular formula is C26H21NO6S. The zero-order valence-corrected chi connectivity index (χ0v) is 18.9. The Morgan fingerprint density at radius 2 is 1.68 bits per heavy atom. The molecule has 8 heteroatoms. The maximum Gasteiger partial charge on any atom is 0.338 e. The molecule has 1 N–H and O–H groups in total. The fraction of sp³-hybridized carbons (Fsp3) is 0.192. The van der Waals surface area contributed by atoms with Crippen LogP contribution in [0.25, 0.3) is 0 Å². The van der Waals surface area contributed by atoms with E-state index in [1.807, 2.05) is 24.3 Å². The number of ether oxygens (including phenoxy) is 1. The molecule has 0 saturated carbocycles. The fourth-order valence-electron chi connectivity index (χ4n) is 4.57. The summed E-state index contributed by atoms with van der Waals surface area (Å²) in [5.41, 5.74) is 2.32. The number of amides is 1. The molecule has 1 aliphatic heterocycles. The molecule has 1 atom stereocenters. The van der Waals surface area contributed by atoms with Crippen LogP contribution in [0.15, 0.2) is 76.5 Å². The minimum absolute atomic E-state index is 0.00366. The number of aryl methyl sites for hydroxylation is 1. The third-order valence-electron chi connectivity index (χ3n) is 6.21. The maximum atomic E-state index is 13.0. The minimum Gasteiger partial charge on any atom is -0.452 e. The number of hydrogen-bond acceptors (Lipinski definition) is 6. The van der Waals surface area contributed by atoms with Crippen molar-refractivity contribution in [2.24, 2.45) is 0 Å². The molecule has 1 heterocycles. The lowest BCUT2D eigenvalue weighted by atomic mass is 9.88. The first-order valence-electron chi connectivity index (χ1n) is 10.9. The molecule has 34 heavy (non-hydrogen) atoms. The van der Waals surface area contributed by atoms with Gasteiger partial charge in [0.1, 0.15) is 0 Å². The molecule has 0 aromatic heterocycles. The van der Waals surface area contributed by atoms with E-state index in [9.17, 15) is 22.8 Å². The number of carbonyl (C=O) groups is 3. The average Bonchev–Trinajstić information content (AvgIpc) is 2.86. The summed E-state index contributed by atoms with van der Waals surface area (Å²) in [6, 6.07) is 17.5. The van der Waals surface area contributed by atoms with E-state index in [1.54, 1.807) is 6.07 Å². The molecule has 1 aliphatic carbocycles. The van der Waals surface area contributed by atoms with Crippen LogP contribution in [-0.4, -0.2) is 32.7 Å². The summed E-state index contributed by atoms with van der Waals surface area (Å²) in [5, 5.41) is 2.90. The monoisotopic (exact) mass is 475 g/mol. The Bertz CT molecular complexity index is 1440. The van der Waals surface area contributed by atoms with E-state index in [4.69, 9.17) is 4.74 Å². The van der Waals surface area contributed by atoms with Crippen molar-refractivity contribution in [3.63, 3.8) is 0 Å². The van der Waals surface area contributed by atoms with Gasteiger partial charge in [0.2, 0.25) is 9.84 Å². The van der Waals surface area contributed by atoms with Gasteiger partial charge in [0.25, 0.3) is 5.91 Å². The fourth-order valence-corrected chi connectivity index (χ4v) is 6.24. The van der Waals surface area contributed by atoms with Crippen molar-refractivity contribution in [3.05, 3.63) is 94.5 Å². The van der Waals surface area contributed by atoms with Crippen LogP contribution in [0.5, 0.6) is 0 Å². The summed E-state index contributed by atoms with van der Waals surface area (Å²) in [6.07, 6.45) is 2.72. The van der Waals surface area contributed by atoms with Crippen LogP contribution in [0.3, 0.4) is 0 Å². The number of benzene rings is 3. The average molecular weight is 476 g/mol. The van der Waals surface area contributed by atoms with Crippen LogP contribution in [-0.2, 0) is 25.8 Å². The molecule has 0 radical (unpaired) electrons. The first kappa shape index (κ1) is 22.0. The van der Waals surface area contributed by atoms with Crippen LogP contribution in [0, 0.1) is 0 Å². The van der Waals surface area contributed by atoms with E-state index < -0.39 is 34.1 Å². The van der Waals surface area contributed by atoms with E-state index in [1.165, 1.54) is 35.9 Å². The molecule has 1 amide bonds. The standard InChI is InChI=1S/C26H21NO6S/c28-24(27-21-10-5-7-16-6-1-2-8-18(16)21)15-33-26(30)17-12-13-20-23(14-17)34(31,32)22-11-4-3-9-19(22)25(20)29/h1-4,6,8-9,11-14,21H,5,7,10,15H2,(H,27,28)/t21-/m1/s1. The number of rotatable bonds is 4. The highest BCUT2D eigenvalue weighted by Gasteiger charge is 2.35. The lowest BCUT2D eigenvalue weighted by Crippen LogP contribution is -2.34. The molecule has 3 aromatic carbocycles. The van der Waals surface area contributed by atoms with Crippen molar-refractivity contribution in [1.82, 2.24) is 5.32 Å². The Kier molecular flexibility index (Phi) is 5.53. The highest BCUT2D eigenvalue weighted by Crippen LogP contribution is 2.35. The van der Waals surface area contributed by atoms with Crippen molar-refractivity contribution in [3.8, 4) is 0 Å². The lowest BCUT2D eigenvalue weighted by Gasteiger charge is -2.26. The molecular weight excluding hydrogens is 454 g/mol.